The van der Waals surface area contributed by atoms with Crippen LogP contribution in [0.1, 0.15) is 11.1 Å². The van der Waals surface area contributed by atoms with Crippen LogP contribution in [0.3, 0.4) is 0 Å². The Morgan fingerprint density at radius 2 is 1.28 bits per heavy atom. The Bertz CT molecular complexity index is 700. The van der Waals surface area contributed by atoms with E-state index in [0.29, 0.717) is 13.1 Å². The summed E-state index contributed by atoms with van der Waals surface area (Å²) in [5.74, 6) is 0.130. The van der Waals surface area contributed by atoms with E-state index in [-0.39, 0.29) is 30.5 Å². The molecule has 0 aromatic heterocycles. The third-order valence-corrected chi connectivity index (χ3v) is 3.57. The highest BCUT2D eigenvalue weighted by Gasteiger charge is 2.05. The van der Waals surface area contributed by atoms with Crippen LogP contribution >= 0.6 is 0 Å². The molecule has 2 amide bonds. The molecule has 0 aliphatic rings. The van der Waals surface area contributed by atoms with Crippen LogP contribution in [0.15, 0.2) is 48.5 Å². The third-order valence-electron chi connectivity index (χ3n) is 3.57. The molecule has 2 rings (SSSR count). The highest BCUT2D eigenvalue weighted by Crippen LogP contribution is 2.11. The maximum absolute atomic E-state index is 12.8. The van der Waals surface area contributed by atoms with Crippen molar-refractivity contribution in [1.82, 2.24) is 10.6 Å². The van der Waals surface area contributed by atoms with Crippen molar-refractivity contribution in [2.24, 2.45) is 0 Å². The van der Waals surface area contributed by atoms with Crippen molar-refractivity contribution >= 4 is 11.8 Å². The molecule has 132 valence electrons. The van der Waals surface area contributed by atoms with Gasteiger partial charge in [-0.1, -0.05) is 24.3 Å². The summed E-state index contributed by atoms with van der Waals surface area (Å²) in [7, 11) is 1.59. The van der Waals surface area contributed by atoms with Crippen molar-refractivity contribution in [2.45, 2.75) is 12.8 Å². The first-order valence-electron chi connectivity index (χ1n) is 7.97. The van der Waals surface area contributed by atoms with Gasteiger partial charge >= 0.3 is 0 Å². The van der Waals surface area contributed by atoms with E-state index in [9.17, 15) is 14.0 Å². The van der Waals surface area contributed by atoms with Gasteiger partial charge in [0.25, 0.3) is 0 Å². The maximum atomic E-state index is 12.8. The lowest BCUT2D eigenvalue weighted by Crippen LogP contribution is -2.35. The number of carbonyl (C=O) groups is 2. The molecule has 0 spiro atoms. The molecule has 0 saturated heterocycles. The van der Waals surface area contributed by atoms with E-state index in [1.54, 1.807) is 31.4 Å². The van der Waals surface area contributed by atoms with Crippen LogP contribution in [0.5, 0.6) is 5.75 Å². The molecular formula is C19H21FN2O3. The Balaban J connectivity index is 1.63. The van der Waals surface area contributed by atoms with Gasteiger partial charge in [-0.25, -0.2) is 4.39 Å². The van der Waals surface area contributed by atoms with Crippen LogP contribution in [0.2, 0.25) is 0 Å². The normalized spacial score (nSPS) is 10.2. The fourth-order valence-corrected chi connectivity index (χ4v) is 2.25. The minimum Gasteiger partial charge on any atom is -0.497 e. The van der Waals surface area contributed by atoms with Crippen molar-refractivity contribution in [3.05, 3.63) is 65.5 Å². The third kappa shape index (κ3) is 6.63. The first-order chi connectivity index (χ1) is 12.1. The Morgan fingerprint density at radius 3 is 1.72 bits per heavy atom. The molecule has 5 nitrogen and oxygen atoms in total. The van der Waals surface area contributed by atoms with Crippen molar-refractivity contribution in [3.8, 4) is 5.75 Å². The summed E-state index contributed by atoms with van der Waals surface area (Å²) >= 11 is 0. The maximum Gasteiger partial charge on any atom is 0.224 e. The highest BCUT2D eigenvalue weighted by atomic mass is 19.1. The quantitative estimate of drug-likeness (QED) is 0.718. The minimum atomic E-state index is -0.330. The average molecular weight is 344 g/mol. The molecule has 2 aromatic rings. The Morgan fingerprint density at radius 1 is 0.840 bits per heavy atom. The van der Waals surface area contributed by atoms with Crippen molar-refractivity contribution in [2.75, 3.05) is 20.2 Å². The molecule has 0 unspecified atom stereocenters. The molecule has 0 aliphatic heterocycles. The monoisotopic (exact) mass is 344 g/mol. The summed E-state index contributed by atoms with van der Waals surface area (Å²) in [4.78, 5) is 23.6. The molecule has 0 bridgehead atoms. The molecule has 2 N–H and O–H groups in total. The standard InChI is InChI=1S/C19H21FN2O3/c1-25-17-8-4-15(5-9-17)13-19(24)22-11-10-21-18(23)12-14-2-6-16(20)7-3-14/h2-9H,10-13H2,1H3,(H,21,23)(H,22,24). The second kappa shape index (κ2) is 9.42. The zero-order valence-electron chi connectivity index (χ0n) is 14.0. The van der Waals surface area contributed by atoms with E-state index in [2.05, 4.69) is 10.6 Å². The SMILES string of the molecule is COc1ccc(CC(=O)NCCNC(=O)Cc2ccc(F)cc2)cc1. The molecule has 25 heavy (non-hydrogen) atoms. The van der Waals surface area contributed by atoms with Gasteiger partial charge in [-0.2, -0.15) is 0 Å². The smallest absolute Gasteiger partial charge is 0.224 e. The number of rotatable bonds is 8. The number of amides is 2. The number of ether oxygens (including phenoxy) is 1. The molecular weight excluding hydrogens is 323 g/mol. The van der Waals surface area contributed by atoms with Gasteiger partial charge in [-0.05, 0) is 35.4 Å². The zero-order chi connectivity index (χ0) is 18.1. The fourth-order valence-electron chi connectivity index (χ4n) is 2.25. The molecule has 0 saturated carbocycles. The van der Waals surface area contributed by atoms with Crippen molar-refractivity contribution in [3.63, 3.8) is 0 Å². The Hall–Kier alpha value is -2.89. The van der Waals surface area contributed by atoms with Gasteiger partial charge in [-0.15, -0.1) is 0 Å². The zero-order valence-corrected chi connectivity index (χ0v) is 14.0. The van der Waals surface area contributed by atoms with Gasteiger partial charge in [0, 0.05) is 13.1 Å². The van der Waals surface area contributed by atoms with Gasteiger partial charge in [0.1, 0.15) is 11.6 Å². The molecule has 6 heteroatoms. The van der Waals surface area contributed by atoms with Gasteiger partial charge in [-0.3, -0.25) is 9.59 Å². The van der Waals surface area contributed by atoms with Gasteiger partial charge in [0.15, 0.2) is 0 Å². The summed E-state index contributed by atoms with van der Waals surface area (Å²) in [5, 5.41) is 5.47. The predicted octanol–water partition coefficient (Wildman–Crippen LogP) is 1.85. The van der Waals surface area contributed by atoms with E-state index in [1.807, 2.05) is 12.1 Å². The van der Waals surface area contributed by atoms with Crippen LogP contribution in [-0.2, 0) is 22.4 Å². The number of halogens is 1. The number of carbonyl (C=O) groups excluding carboxylic acids is 2. The molecule has 0 atom stereocenters. The molecule has 0 fully saturated rings. The van der Waals surface area contributed by atoms with Crippen LogP contribution < -0.4 is 15.4 Å². The summed E-state index contributed by atoms with van der Waals surface area (Å²) in [5.41, 5.74) is 1.63. The summed E-state index contributed by atoms with van der Waals surface area (Å²) in [6.45, 7) is 0.693. The molecule has 0 heterocycles. The second-order valence-electron chi connectivity index (χ2n) is 5.53. The minimum absolute atomic E-state index is 0.113. The first-order valence-corrected chi connectivity index (χ1v) is 7.97. The van der Waals surface area contributed by atoms with Crippen LogP contribution in [0, 0.1) is 5.82 Å². The second-order valence-corrected chi connectivity index (χ2v) is 5.53. The van der Waals surface area contributed by atoms with Gasteiger partial charge < -0.3 is 15.4 Å². The van der Waals surface area contributed by atoms with Crippen molar-refractivity contribution < 1.29 is 18.7 Å². The van der Waals surface area contributed by atoms with Gasteiger partial charge in [0.2, 0.25) is 11.8 Å². The summed E-state index contributed by atoms with van der Waals surface area (Å²) in [6, 6.07) is 13.1. The van der Waals surface area contributed by atoms with Crippen LogP contribution in [0.4, 0.5) is 4.39 Å². The number of hydrogen-bond acceptors (Lipinski definition) is 3. The predicted molar refractivity (Wildman–Crippen MR) is 92.8 cm³/mol. The van der Waals surface area contributed by atoms with E-state index in [1.165, 1.54) is 12.1 Å². The van der Waals surface area contributed by atoms with Crippen molar-refractivity contribution in [1.29, 1.82) is 0 Å². The van der Waals surface area contributed by atoms with E-state index >= 15 is 0 Å². The molecule has 2 aromatic carbocycles. The number of hydrogen-bond donors (Lipinski definition) is 2. The number of methoxy groups -OCH3 is 1. The lowest BCUT2D eigenvalue weighted by Gasteiger charge is -2.08. The van der Waals surface area contributed by atoms with E-state index in [4.69, 9.17) is 4.74 Å². The van der Waals surface area contributed by atoms with Crippen LogP contribution in [0.25, 0.3) is 0 Å². The topological polar surface area (TPSA) is 67.4 Å². The largest absolute Gasteiger partial charge is 0.497 e. The lowest BCUT2D eigenvalue weighted by molar-refractivity contribution is -0.122. The number of nitrogens with one attached hydrogen (secondary N) is 2. The first kappa shape index (κ1) is 18.4. The highest BCUT2D eigenvalue weighted by molar-refractivity contribution is 5.79. The summed E-state index contributed by atoms with van der Waals surface area (Å²) < 4.78 is 17.9. The van der Waals surface area contributed by atoms with Crippen LogP contribution in [-0.4, -0.2) is 32.0 Å². The average Bonchev–Trinajstić information content (AvgIpc) is 2.61. The molecule has 0 aliphatic carbocycles. The Labute approximate surface area is 146 Å². The van der Waals surface area contributed by atoms with E-state index < -0.39 is 0 Å². The summed E-state index contributed by atoms with van der Waals surface area (Å²) in [6.07, 6.45) is 0.452. The van der Waals surface area contributed by atoms with Gasteiger partial charge in [0.05, 0.1) is 20.0 Å². The fraction of sp³-hybridized carbons (Fsp3) is 0.263. The lowest BCUT2D eigenvalue weighted by atomic mass is 10.1. The number of benzene rings is 2. The molecule has 0 radical (unpaired) electrons. The van der Waals surface area contributed by atoms with E-state index in [0.717, 1.165) is 16.9 Å². The Kier molecular flexibility index (Phi) is 6.95.